The molecule has 0 nitrogen and oxygen atoms in total. The van der Waals surface area contributed by atoms with Crippen molar-refractivity contribution < 1.29 is 0 Å². The van der Waals surface area contributed by atoms with Crippen LogP contribution >= 0.6 is 22.6 Å². The molecular formula is C11H15I. The van der Waals surface area contributed by atoms with Gasteiger partial charge in [0.1, 0.15) is 0 Å². The summed E-state index contributed by atoms with van der Waals surface area (Å²) in [6.07, 6.45) is 2.29. The second-order valence-corrected chi connectivity index (χ2v) is 4.18. The van der Waals surface area contributed by atoms with E-state index in [1.807, 2.05) is 0 Å². The third-order valence-corrected chi connectivity index (χ3v) is 3.52. The van der Waals surface area contributed by atoms with Gasteiger partial charge in [-0.25, -0.2) is 0 Å². The average molecular weight is 274 g/mol. The molecule has 0 aromatic heterocycles. The van der Waals surface area contributed by atoms with Crippen molar-refractivity contribution >= 4 is 22.6 Å². The molecule has 0 atom stereocenters. The summed E-state index contributed by atoms with van der Waals surface area (Å²) in [7, 11) is 0. The summed E-state index contributed by atoms with van der Waals surface area (Å²) in [5.74, 6) is 0. The quantitative estimate of drug-likeness (QED) is 0.721. The molecule has 0 N–H and O–H groups in total. The van der Waals surface area contributed by atoms with Crippen molar-refractivity contribution in [2.75, 3.05) is 0 Å². The molecule has 0 bridgehead atoms. The van der Waals surface area contributed by atoms with Gasteiger partial charge in [-0.2, -0.15) is 0 Å². The number of benzene rings is 1. The molecule has 1 rings (SSSR count). The zero-order chi connectivity index (χ0) is 9.14. The highest BCUT2D eigenvalue weighted by Crippen LogP contribution is 2.20. The molecule has 0 amide bonds. The molecule has 0 fully saturated rings. The Morgan fingerprint density at radius 2 is 1.50 bits per heavy atom. The standard InChI is InChI=1S/C11H15I/c1-4-9-6-8(3)7-10(5-2)11(9)12/h6-7H,4-5H2,1-3H3. The van der Waals surface area contributed by atoms with Gasteiger partial charge in [0.15, 0.2) is 0 Å². The third kappa shape index (κ3) is 2.00. The second kappa shape index (κ2) is 4.26. The van der Waals surface area contributed by atoms with E-state index >= 15 is 0 Å². The van der Waals surface area contributed by atoms with Crippen molar-refractivity contribution in [1.29, 1.82) is 0 Å². The molecule has 1 aromatic rings. The van der Waals surface area contributed by atoms with Crippen molar-refractivity contribution in [3.63, 3.8) is 0 Å². The monoisotopic (exact) mass is 274 g/mol. The molecule has 0 radical (unpaired) electrons. The number of hydrogen-bond donors (Lipinski definition) is 0. The first-order valence-electron chi connectivity index (χ1n) is 4.47. The molecule has 0 spiro atoms. The van der Waals surface area contributed by atoms with Crippen LogP contribution in [0.1, 0.15) is 30.5 Å². The van der Waals surface area contributed by atoms with E-state index in [-0.39, 0.29) is 0 Å². The van der Waals surface area contributed by atoms with E-state index in [1.165, 1.54) is 20.3 Å². The number of rotatable bonds is 2. The molecule has 0 aliphatic heterocycles. The lowest BCUT2D eigenvalue weighted by molar-refractivity contribution is 1.05. The molecule has 0 heterocycles. The molecule has 0 saturated heterocycles. The lowest BCUT2D eigenvalue weighted by Gasteiger charge is -2.08. The fraction of sp³-hybridized carbons (Fsp3) is 0.455. The Bertz CT molecular complexity index is 251. The van der Waals surface area contributed by atoms with Gasteiger partial charge < -0.3 is 0 Å². The van der Waals surface area contributed by atoms with Crippen molar-refractivity contribution in [2.45, 2.75) is 33.6 Å². The summed E-state index contributed by atoms with van der Waals surface area (Å²) >= 11 is 2.46. The summed E-state index contributed by atoms with van der Waals surface area (Å²) in [4.78, 5) is 0. The van der Waals surface area contributed by atoms with Crippen LogP contribution in [0.25, 0.3) is 0 Å². The summed E-state index contributed by atoms with van der Waals surface area (Å²) in [5, 5.41) is 0. The van der Waals surface area contributed by atoms with Crippen molar-refractivity contribution in [3.05, 3.63) is 32.4 Å². The van der Waals surface area contributed by atoms with Gasteiger partial charge in [0, 0.05) is 3.57 Å². The van der Waals surface area contributed by atoms with Crippen LogP contribution in [0.2, 0.25) is 0 Å². The highest BCUT2D eigenvalue weighted by atomic mass is 127. The van der Waals surface area contributed by atoms with Crippen LogP contribution in [0.3, 0.4) is 0 Å². The van der Waals surface area contributed by atoms with Gasteiger partial charge in [-0.15, -0.1) is 0 Å². The van der Waals surface area contributed by atoms with Gasteiger partial charge in [-0.05, 0) is 53.5 Å². The Labute approximate surface area is 88.5 Å². The van der Waals surface area contributed by atoms with Crippen LogP contribution in [-0.4, -0.2) is 0 Å². The smallest absolute Gasteiger partial charge is 0.0194 e. The van der Waals surface area contributed by atoms with Crippen LogP contribution in [0, 0.1) is 10.5 Å². The highest BCUT2D eigenvalue weighted by Gasteiger charge is 2.03. The van der Waals surface area contributed by atoms with E-state index in [0.717, 1.165) is 12.8 Å². The fourth-order valence-electron chi connectivity index (χ4n) is 1.44. The maximum atomic E-state index is 2.46. The van der Waals surface area contributed by atoms with Gasteiger partial charge in [0.2, 0.25) is 0 Å². The SMILES string of the molecule is CCc1cc(C)cc(CC)c1I. The molecular weight excluding hydrogens is 259 g/mol. The van der Waals surface area contributed by atoms with E-state index in [0.29, 0.717) is 0 Å². The second-order valence-electron chi connectivity index (χ2n) is 3.10. The van der Waals surface area contributed by atoms with E-state index < -0.39 is 0 Å². The van der Waals surface area contributed by atoms with Crippen LogP contribution in [-0.2, 0) is 12.8 Å². The van der Waals surface area contributed by atoms with Crippen molar-refractivity contribution in [3.8, 4) is 0 Å². The van der Waals surface area contributed by atoms with Crippen LogP contribution < -0.4 is 0 Å². The molecule has 12 heavy (non-hydrogen) atoms. The number of aryl methyl sites for hydroxylation is 3. The van der Waals surface area contributed by atoms with Crippen LogP contribution in [0.15, 0.2) is 12.1 Å². The zero-order valence-corrected chi connectivity index (χ0v) is 10.1. The van der Waals surface area contributed by atoms with E-state index in [2.05, 4.69) is 55.5 Å². The number of hydrogen-bond acceptors (Lipinski definition) is 0. The molecule has 0 unspecified atom stereocenters. The maximum absolute atomic E-state index is 2.46. The predicted octanol–water partition coefficient (Wildman–Crippen LogP) is 3.72. The minimum atomic E-state index is 1.15. The fourth-order valence-corrected chi connectivity index (χ4v) is 2.51. The largest absolute Gasteiger partial charge is 0.0613 e. The minimum absolute atomic E-state index is 1.15. The zero-order valence-electron chi connectivity index (χ0n) is 7.95. The molecule has 66 valence electrons. The minimum Gasteiger partial charge on any atom is -0.0613 e. The Morgan fingerprint density at radius 3 is 1.83 bits per heavy atom. The average Bonchev–Trinajstić information content (AvgIpc) is 2.08. The molecule has 0 saturated carbocycles. The van der Waals surface area contributed by atoms with Crippen LogP contribution in [0.5, 0.6) is 0 Å². The summed E-state index contributed by atoms with van der Waals surface area (Å²) in [6, 6.07) is 4.59. The van der Waals surface area contributed by atoms with Gasteiger partial charge in [0.25, 0.3) is 0 Å². The van der Waals surface area contributed by atoms with Crippen LogP contribution in [0.4, 0.5) is 0 Å². The van der Waals surface area contributed by atoms with Crippen molar-refractivity contribution in [1.82, 2.24) is 0 Å². The normalized spacial score (nSPS) is 10.3. The summed E-state index contributed by atoms with van der Waals surface area (Å²) in [6.45, 7) is 6.61. The molecule has 0 aliphatic carbocycles. The third-order valence-electron chi connectivity index (χ3n) is 2.13. The lowest BCUT2D eigenvalue weighted by Crippen LogP contribution is -1.94. The van der Waals surface area contributed by atoms with Gasteiger partial charge in [-0.1, -0.05) is 31.5 Å². The Morgan fingerprint density at radius 1 is 1.08 bits per heavy atom. The van der Waals surface area contributed by atoms with Gasteiger partial charge in [0.05, 0.1) is 0 Å². The van der Waals surface area contributed by atoms with Crippen molar-refractivity contribution in [2.24, 2.45) is 0 Å². The van der Waals surface area contributed by atoms with E-state index in [4.69, 9.17) is 0 Å². The Balaban J connectivity index is 3.22. The molecule has 1 heteroatoms. The lowest BCUT2D eigenvalue weighted by atomic mass is 10.0. The maximum Gasteiger partial charge on any atom is 0.0194 e. The van der Waals surface area contributed by atoms with Gasteiger partial charge >= 0.3 is 0 Å². The van der Waals surface area contributed by atoms with E-state index in [1.54, 1.807) is 0 Å². The Kier molecular flexibility index (Phi) is 3.56. The predicted molar refractivity (Wildman–Crippen MR) is 62.7 cm³/mol. The first kappa shape index (κ1) is 10.0. The first-order chi connectivity index (χ1) is 5.69. The summed E-state index contributed by atoms with van der Waals surface area (Å²) in [5.41, 5.74) is 4.38. The highest BCUT2D eigenvalue weighted by molar-refractivity contribution is 14.1. The van der Waals surface area contributed by atoms with Gasteiger partial charge in [-0.3, -0.25) is 0 Å². The summed E-state index contributed by atoms with van der Waals surface area (Å²) < 4.78 is 1.46. The number of halogens is 1. The molecule has 0 aliphatic rings. The topological polar surface area (TPSA) is 0 Å². The molecule has 1 aromatic carbocycles. The Hall–Kier alpha value is -0.0500. The first-order valence-corrected chi connectivity index (χ1v) is 5.54. The van der Waals surface area contributed by atoms with E-state index in [9.17, 15) is 0 Å².